The fourth-order valence-corrected chi connectivity index (χ4v) is 3.58. The van der Waals surface area contributed by atoms with Crippen LogP contribution in [0.15, 0.2) is 6.20 Å². The van der Waals surface area contributed by atoms with E-state index in [1.165, 1.54) is 12.8 Å². The van der Waals surface area contributed by atoms with Gasteiger partial charge in [-0.3, -0.25) is 4.79 Å². The lowest BCUT2D eigenvalue weighted by Gasteiger charge is -2.19. The number of urea groups is 1. The molecule has 2 atom stereocenters. The Labute approximate surface area is 136 Å². The second kappa shape index (κ2) is 7.02. The maximum atomic E-state index is 12.1. The molecule has 3 rings (SSSR count). The third-order valence-electron chi connectivity index (χ3n) is 4.80. The molecular weight excluding hydrogens is 294 g/mol. The summed E-state index contributed by atoms with van der Waals surface area (Å²) in [6.07, 6.45) is 8.07. The highest BCUT2D eigenvalue weighted by Crippen LogP contribution is 2.25. The predicted octanol–water partition coefficient (Wildman–Crippen LogP) is 0.933. The van der Waals surface area contributed by atoms with Crippen LogP contribution in [0.5, 0.6) is 0 Å². The molecule has 3 amide bonds. The number of carbonyl (C=O) groups excluding carboxylic acids is 2. The molecule has 23 heavy (non-hydrogen) atoms. The van der Waals surface area contributed by atoms with Gasteiger partial charge in [-0.15, -0.1) is 0 Å². The van der Waals surface area contributed by atoms with E-state index in [0.29, 0.717) is 6.54 Å². The van der Waals surface area contributed by atoms with E-state index in [1.807, 2.05) is 6.20 Å². The van der Waals surface area contributed by atoms with E-state index >= 15 is 0 Å². The highest BCUT2D eigenvalue weighted by atomic mass is 16.2. The van der Waals surface area contributed by atoms with Crippen LogP contribution in [0.25, 0.3) is 0 Å². The first-order valence-electron chi connectivity index (χ1n) is 8.48. The highest BCUT2D eigenvalue weighted by Gasteiger charge is 2.33. The molecule has 1 fully saturated rings. The molecule has 7 heteroatoms. The van der Waals surface area contributed by atoms with Crippen LogP contribution in [0.1, 0.15) is 43.6 Å². The molecule has 1 saturated carbocycles. The van der Waals surface area contributed by atoms with Crippen molar-refractivity contribution in [3.8, 4) is 0 Å². The van der Waals surface area contributed by atoms with Gasteiger partial charge in [-0.2, -0.15) is 0 Å². The van der Waals surface area contributed by atoms with Gasteiger partial charge in [0.1, 0.15) is 5.82 Å². The summed E-state index contributed by atoms with van der Waals surface area (Å²) in [5.41, 5.74) is 0.895. The monoisotopic (exact) mass is 319 g/mol. The lowest BCUT2D eigenvalue weighted by Crippen LogP contribution is -2.46. The van der Waals surface area contributed by atoms with E-state index in [0.717, 1.165) is 43.7 Å². The van der Waals surface area contributed by atoms with E-state index in [4.69, 9.17) is 0 Å². The van der Waals surface area contributed by atoms with E-state index in [1.54, 1.807) is 7.05 Å². The number of aryl methyl sites for hydroxylation is 2. The Kier molecular flexibility index (Phi) is 4.83. The Balaban J connectivity index is 1.49. The van der Waals surface area contributed by atoms with Crippen LogP contribution in [0, 0.1) is 5.92 Å². The third-order valence-corrected chi connectivity index (χ3v) is 4.80. The zero-order valence-corrected chi connectivity index (χ0v) is 13.6. The van der Waals surface area contributed by atoms with Gasteiger partial charge in [-0.25, -0.2) is 9.78 Å². The van der Waals surface area contributed by atoms with Gasteiger partial charge in [0.25, 0.3) is 0 Å². The summed E-state index contributed by atoms with van der Waals surface area (Å²) < 4.78 is 2.18. The number of amides is 3. The zero-order chi connectivity index (χ0) is 16.2. The maximum absolute atomic E-state index is 12.1. The van der Waals surface area contributed by atoms with Gasteiger partial charge in [0.05, 0.1) is 18.2 Å². The molecule has 2 aliphatic rings. The molecule has 0 bridgehead atoms. The average molecular weight is 319 g/mol. The van der Waals surface area contributed by atoms with Crippen molar-refractivity contribution in [3.05, 3.63) is 17.7 Å². The molecule has 2 heterocycles. The number of nitrogens with one attached hydrogen (secondary N) is 3. The molecule has 1 aromatic rings. The lowest BCUT2D eigenvalue weighted by atomic mass is 10.0. The standard InChI is InChI=1S/C16H25N5O2/c1-17-15(22)12-5-4-6-13(12)20-16(23)18-9-11-10-21-8-3-2-7-14(21)19-11/h10,12-13H,2-9H2,1H3,(H,17,22)(H2,18,20,23). The fraction of sp³-hybridized carbons (Fsp3) is 0.688. The Hall–Kier alpha value is -2.05. The average Bonchev–Trinajstić information content (AvgIpc) is 3.18. The number of carbonyl (C=O) groups is 2. The topological polar surface area (TPSA) is 88.0 Å². The molecule has 0 saturated heterocycles. The molecule has 2 unspecified atom stereocenters. The number of fused-ring (bicyclic) bond motifs is 1. The molecule has 0 radical (unpaired) electrons. The van der Waals surface area contributed by atoms with E-state index in [2.05, 4.69) is 25.5 Å². The summed E-state index contributed by atoms with van der Waals surface area (Å²) in [4.78, 5) is 28.5. The third kappa shape index (κ3) is 3.65. The minimum atomic E-state index is -0.225. The minimum Gasteiger partial charge on any atom is -0.359 e. The molecule has 0 spiro atoms. The smallest absolute Gasteiger partial charge is 0.315 e. The molecule has 1 aliphatic carbocycles. The summed E-state index contributed by atoms with van der Waals surface area (Å²) in [6.45, 7) is 1.44. The van der Waals surface area contributed by atoms with Crippen LogP contribution in [-0.2, 0) is 24.3 Å². The number of aromatic nitrogens is 2. The minimum absolute atomic E-state index is 0.00887. The van der Waals surface area contributed by atoms with Crippen LogP contribution in [-0.4, -0.2) is 34.6 Å². The summed E-state index contributed by atoms with van der Waals surface area (Å²) in [5, 5.41) is 8.46. The quantitative estimate of drug-likeness (QED) is 0.771. The van der Waals surface area contributed by atoms with E-state index in [-0.39, 0.29) is 23.9 Å². The Morgan fingerprint density at radius 1 is 1.30 bits per heavy atom. The van der Waals surface area contributed by atoms with Crippen molar-refractivity contribution in [1.29, 1.82) is 0 Å². The summed E-state index contributed by atoms with van der Waals surface area (Å²) >= 11 is 0. The number of rotatable bonds is 4. The Morgan fingerprint density at radius 2 is 2.17 bits per heavy atom. The van der Waals surface area contributed by atoms with Crippen molar-refractivity contribution in [1.82, 2.24) is 25.5 Å². The second-order valence-corrected chi connectivity index (χ2v) is 6.38. The molecule has 126 valence electrons. The fourth-order valence-electron chi connectivity index (χ4n) is 3.58. The lowest BCUT2D eigenvalue weighted by molar-refractivity contribution is -0.124. The van der Waals surface area contributed by atoms with Crippen LogP contribution < -0.4 is 16.0 Å². The Bertz CT molecular complexity index is 560. The number of imidazole rings is 1. The van der Waals surface area contributed by atoms with Crippen LogP contribution in [0.4, 0.5) is 4.79 Å². The summed E-state index contributed by atoms with van der Waals surface area (Å²) in [6, 6.07) is -0.304. The van der Waals surface area contributed by atoms with Gasteiger partial charge in [-0.05, 0) is 25.7 Å². The van der Waals surface area contributed by atoms with E-state index in [9.17, 15) is 9.59 Å². The first-order chi connectivity index (χ1) is 11.2. The zero-order valence-electron chi connectivity index (χ0n) is 13.6. The largest absolute Gasteiger partial charge is 0.359 e. The van der Waals surface area contributed by atoms with Gasteiger partial charge in [0.15, 0.2) is 0 Å². The van der Waals surface area contributed by atoms with Crippen LogP contribution in [0.3, 0.4) is 0 Å². The van der Waals surface area contributed by atoms with Crippen molar-refractivity contribution in [2.75, 3.05) is 7.05 Å². The number of hydrogen-bond donors (Lipinski definition) is 3. The van der Waals surface area contributed by atoms with Gasteiger partial charge < -0.3 is 20.5 Å². The van der Waals surface area contributed by atoms with Crippen LogP contribution >= 0.6 is 0 Å². The molecule has 0 aromatic carbocycles. The van der Waals surface area contributed by atoms with Crippen molar-refractivity contribution in [2.24, 2.45) is 5.92 Å². The predicted molar refractivity (Wildman–Crippen MR) is 85.7 cm³/mol. The van der Waals surface area contributed by atoms with E-state index < -0.39 is 0 Å². The first kappa shape index (κ1) is 15.8. The SMILES string of the molecule is CNC(=O)C1CCCC1NC(=O)NCc1cn2c(n1)CCCC2. The molecule has 1 aromatic heterocycles. The number of hydrogen-bond acceptors (Lipinski definition) is 3. The van der Waals surface area contributed by atoms with Gasteiger partial charge in [-0.1, -0.05) is 6.42 Å². The summed E-state index contributed by atoms with van der Waals surface area (Å²) in [7, 11) is 1.64. The number of nitrogens with zero attached hydrogens (tertiary/aromatic N) is 2. The summed E-state index contributed by atoms with van der Waals surface area (Å²) in [5.74, 6) is 1.00. The Morgan fingerprint density at radius 3 is 2.96 bits per heavy atom. The first-order valence-corrected chi connectivity index (χ1v) is 8.48. The van der Waals surface area contributed by atoms with Gasteiger partial charge >= 0.3 is 6.03 Å². The van der Waals surface area contributed by atoms with Crippen LogP contribution in [0.2, 0.25) is 0 Å². The van der Waals surface area contributed by atoms with Gasteiger partial charge in [0, 0.05) is 32.3 Å². The van der Waals surface area contributed by atoms with Crippen molar-refractivity contribution < 1.29 is 9.59 Å². The molecule has 1 aliphatic heterocycles. The van der Waals surface area contributed by atoms with Gasteiger partial charge in [0.2, 0.25) is 5.91 Å². The normalized spacial score (nSPS) is 23.2. The highest BCUT2D eigenvalue weighted by molar-refractivity contribution is 5.81. The molecule has 3 N–H and O–H groups in total. The molecular formula is C16H25N5O2. The maximum Gasteiger partial charge on any atom is 0.315 e. The van der Waals surface area contributed by atoms with Crippen molar-refractivity contribution in [3.63, 3.8) is 0 Å². The van der Waals surface area contributed by atoms with Crippen molar-refractivity contribution >= 4 is 11.9 Å². The molecule has 7 nitrogen and oxygen atoms in total. The second-order valence-electron chi connectivity index (χ2n) is 6.38. The van der Waals surface area contributed by atoms with Crippen molar-refractivity contribution in [2.45, 2.75) is 57.7 Å².